The van der Waals surface area contributed by atoms with Gasteiger partial charge in [0.05, 0.1) is 26.5 Å². The fourth-order valence-corrected chi connectivity index (χ4v) is 2.09. The molecule has 0 saturated heterocycles. The first-order chi connectivity index (χ1) is 13.1. The summed E-state index contributed by atoms with van der Waals surface area (Å²) in [5.41, 5.74) is 3.63. The van der Waals surface area contributed by atoms with Crippen LogP contribution in [0.2, 0.25) is 0 Å². The molecule has 0 aliphatic rings. The molecule has 2 rings (SSSR count). The molecule has 142 valence electrons. The lowest BCUT2D eigenvalue weighted by Crippen LogP contribution is -2.34. The third-order valence-electron chi connectivity index (χ3n) is 3.52. The van der Waals surface area contributed by atoms with Crippen LogP contribution in [0.15, 0.2) is 53.6 Å². The molecule has 7 heteroatoms. The van der Waals surface area contributed by atoms with Crippen LogP contribution in [-0.2, 0) is 4.79 Å². The van der Waals surface area contributed by atoms with Crippen LogP contribution in [0.5, 0.6) is 11.5 Å². The number of hydrogen-bond acceptors (Lipinski definition) is 5. The summed E-state index contributed by atoms with van der Waals surface area (Å²) >= 11 is 0. The summed E-state index contributed by atoms with van der Waals surface area (Å²) < 4.78 is 10.5. The van der Waals surface area contributed by atoms with E-state index in [2.05, 4.69) is 15.8 Å². The van der Waals surface area contributed by atoms with Gasteiger partial charge in [0.1, 0.15) is 11.5 Å². The van der Waals surface area contributed by atoms with E-state index in [-0.39, 0.29) is 12.5 Å². The first-order valence-electron chi connectivity index (χ1n) is 8.59. The Morgan fingerprint density at radius 1 is 1.04 bits per heavy atom. The Kier molecular flexibility index (Phi) is 7.84. The molecule has 0 fully saturated rings. The number of carbonyl (C=O) groups is 2. The standard InChI is InChI=1S/C20H23N3O4/c1-3-12-27-18-10-6-16(7-11-18)20(25)21-14-19(24)23-22-13-15-4-8-17(26-2)9-5-15/h4-11,13H,3,12,14H2,1-2H3,(H,21,25)(H,23,24). The SMILES string of the molecule is CCCOc1ccc(C(=O)NCC(=O)NN=Cc2ccc(OC)cc2)cc1. The Labute approximate surface area is 158 Å². The van der Waals surface area contributed by atoms with Crippen LogP contribution in [0.3, 0.4) is 0 Å². The van der Waals surface area contributed by atoms with Gasteiger partial charge in [-0.25, -0.2) is 5.43 Å². The van der Waals surface area contributed by atoms with E-state index in [1.807, 2.05) is 19.1 Å². The third kappa shape index (κ3) is 6.81. The number of methoxy groups -OCH3 is 1. The molecule has 0 aromatic heterocycles. The lowest BCUT2D eigenvalue weighted by molar-refractivity contribution is -0.120. The van der Waals surface area contributed by atoms with Crippen molar-refractivity contribution in [3.05, 3.63) is 59.7 Å². The number of nitrogens with zero attached hydrogens (tertiary/aromatic N) is 1. The summed E-state index contributed by atoms with van der Waals surface area (Å²) in [6.45, 7) is 2.48. The van der Waals surface area contributed by atoms with Gasteiger partial charge in [-0.05, 0) is 60.5 Å². The molecule has 2 N–H and O–H groups in total. The number of nitrogens with one attached hydrogen (secondary N) is 2. The topological polar surface area (TPSA) is 89.0 Å². The van der Waals surface area contributed by atoms with Crippen molar-refractivity contribution in [3.8, 4) is 11.5 Å². The van der Waals surface area contributed by atoms with Crippen molar-refractivity contribution in [2.75, 3.05) is 20.3 Å². The Hall–Kier alpha value is -3.35. The molecule has 0 aliphatic carbocycles. The van der Waals surface area contributed by atoms with Gasteiger partial charge in [0.2, 0.25) is 0 Å². The lowest BCUT2D eigenvalue weighted by Gasteiger charge is -2.07. The molecule has 0 aliphatic heterocycles. The van der Waals surface area contributed by atoms with Crippen molar-refractivity contribution < 1.29 is 19.1 Å². The molecule has 0 unspecified atom stereocenters. The van der Waals surface area contributed by atoms with Crippen LogP contribution in [0.1, 0.15) is 29.3 Å². The minimum Gasteiger partial charge on any atom is -0.497 e. The van der Waals surface area contributed by atoms with Crippen LogP contribution >= 0.6 is 0 Å². The van der Waals surface area contributed by atoms with Crippen LogP contribution in [0.4, 0.5) is 0 Å². The molecule has 2 aromatic carbocycles. The van der Waals surface area contributed by atoms with Crippen LogP contribution < -0.4 is 20.2 Å². The number of rotatable bonds is 9. The quantitative estimate of drug-likeness (QED) is 0.525. The maximum atomic E-state index is 12.0. The molecule has 0 radical (unpaired) electrons. The fraction of sp³-hybridized carbons (Fsp3) is 0.250. The van der Waals surface area contributed by atoms with Gasteiger partial charge in [0.15, 0.2) is 0 Å². The number of hydrazone groups is 1. The number of ether oxygens (including phenoxy) is 2. The van der Waals surface area contributed by atoms with Gasteiger partial charge in [-0.15, -0.1) is 0 Å². The first-order valence-corrected chi connectivity index (χ1v) is 8.59. The normalized spacial score (nSPS) is 10.4. The second-order valence-electron chi connectivity index (χ2n) is 5.62. The van der Waals surface area contributed by atoms with Gasteiger partial charge >= 0.3 is 0 Å². The van der Waals surface area contributed by atoms with Crippen LogP contribution in [0.25, 0.3) is 0 Å². The largest absolute Gasteiger partial charge is 0.497 e. The summed E-state index contributed by atoms with van der Waals surface area (Å²) in [6.07, 6.45) is 2.42. The van der Waals surface area contributed by atoms with E-state index in [0.717, 1.165) is 17.7 Å². The Bertz CT molecular complexity index is 771. The van der Waals surface area contributed by atoms with E-state index < -0.39 is 5.91 Å². The van der Waals surface area contributed by atoms with E-state index in [9.17, 15) is 9.59 Å². The average Bonchev–Trinajstić information content (AvgIpc) is 2.71. The van der Waals surface area contributed by atoms with E-state index in [0.29, 0.717) is 17.9 Å². The van der Waals surface area contributed by atoms with Gasteiger partial charge in [0.25, 0.3) is 11.8 Å². The van der Waals surface area contributed by atoms with Crippen molar-refractivity contribution in [2.24, 2.45) is 5.10 Å². The molecule has 0 atom stereocenters. The smallest absolute Gasteiger partial charge is 0.259 e. The Morgan fingerprint density at radius 3 is 2.33 bits per heavy atom. The molecule has 0 spiro atoms. The first kappa shape index (κ1) is 20.0. The molecule has 2 amide bonds. The highest BCUT2D eigenvalue weighted by Crippen LogP contribution is 2.12. The predicted octanol–water partition coefficient (Wildman–Crippen LogP) is 2.36. The predicted molar refractivity (Wildman–Crippen MR) is 103 cm³/mol. The zero-order chi connectivity index (χ0) is 19.5. The highest BCUT2D eigenvalue weighted by atomic mass is 16.5. The van der Waals surface area contributed by atoms with Gasteiger partial charge < -0.3 is 14.8 Å². The van der Waals surface area contributed by atoms with Crippen LogP contribution in [0, 0.1) is 0 Å². The minimum atomic E-state index is -0.420. The molecule has 2 aromatic rings. The van der Waals surface area contributed by atoms with Crippen LogP contribution in [-0.4, -0.2) is 38.3 Å². The number of carbonyl (C=O) groups excluding carboxylic acids is 2. The van der Waals surface area contributed by atoms with Crippen molar-refractivity contribution in [3.63, 3.8) is 0 Å². The van der Waals surface area contributed by atoms with Crippen molar-refractivity contribution >= 4 is 18.0 Å². The zero-order valence-electron chi connectivity index (χ0n) is 15.4. The monoisotopic (exact) mass is 369 g/mol. The minimum absolute atomic E-state index is 0.174. The third-order valence-corrected chi connectivity index (χ3v) is 3.52. The average molecular weight is 369 g/mol. The summed E-state index contributed by atoms with van der Waals surface area (Å²) in [6, 6.07) is 14.0. The molecule has 0 saturated carbocycles. The maximum absolute atomic E-state index is 12.0. The summed E-state index contributed by atoms with van der Waals surface area (Å²) in [5.74, 6) is 0.685. The number of benzene rings is 2. The zero-order valence-corrected chi connectivity index (χ0v) is 15.4. The van der Waals surface area contributed by atoms with Crippen molar-refractivity contribution in [1.82, 2.24) is 10.7 Å². The van der Waals surface area contributed by atoms with Gasteiger partial charge in [-0.1, -0.05) is 6.92 Å². The van der Waals surface area contributed by atoms with Gasteiger partial charge in [-0.3, -0.25) is 9.59 Å². The molecule has 0 bridgehead atoms. The van der Waals surface area contributed by atoms with Crippen molar-refractivity contribution in [2.45, 2.75) is 13.3 Å². The van der Waals surface area contributed by atoms with E-state index in [1.165, 1.54) is 6.21 Å². The molecule has 7 nitrogen and oxygen atoms in total. The Morgan fingerprint density at radius 2 is 1.70 bits per heavy atom. The molecular formula is C20H23N3O4. The molecule has 0 heterocycles. The van der Waals surface area contributed by atoms with E-state index in [1.54, 1.807) is 43.5 Å². The molecule has 27 heavy (non-hydrogen) atoms. The molecular weight excluding hydrogens is 346 g/mol. The summed E-state index contributed by atoms with van der Waals surface area (Å²) in [5, 5.41) is 6.40. The number of hydrogen-bond donors (Lipinski definition) is 2. The Balaban J connectivity index is 1.75. The highest BCUT2D eigenvalue weighted by Gasteiger charge is 2.07. The van der Waals surface area contributed by atoms with E-state index in [4.69, 9.17) is 9.47 Å². The van der Waals surface area contributed by atoms with Gasteiger partial charge in [0, 0.05) is 5.56 Å². The number of amides is 2. The summed E-state index contributed by atoms with van der Waals surface area (Å²) in [7, 11) is 1.59. The second kappa shape index (κ2) is 10.6. The van der Waals surface area contributed by atoms with Crippen molar-refractivity contribution in [1.29, 1.82) is 0 Å². The van der Waals surface area contributed by atoms with Gasteiger partial charge in [-0.2, -0.15) is 5.10 Å². The van der Waals surface area contributed by atoms with E-state index >= 15 is 0 Å². The highest BCUT2D eigenvalue weighted by molar-refractivity contribution is 5.96. The second-order valence-corrected chi connectivity index (χ2v) is 5.62. The lowest BCUT2D eigenvalue weighted by atomic mass is 10.2. The fourth-order valence-electron chi connectivity index (χ4n) is 2.09. The maximum Gasteiger partial charge on any atom is 0.259 e. The summed E-state index contributed by atoms with van der Waals surface area (Å²) in [4.78, 5) is 23.8.